The Bertz CT molecular complexity index is 414. The lowest BCUT2D eigenvalue weighted by Crippen LogP contribution is -2.50. The maximum atomic E-state index is 6.09. The van der Waals surface area contributed by atoms with Crippen LogP contribution in [0.2, 0.25) is 4.34 Å². The Morgan fingerprint density at radius 3 is 2.95 bits per heavy atom. The number of thiophene rings is 1. The lowest BCUT2D eigenvalue weighted by molar-refractivity contribution is 0.0805. The fourth-order valence-electron chi connectivity index (χ4n) is 3.67. The Balaban J connectivity index is 1.75. The number of hydrogen-bond acceptors (Lipinski definition) is 3. The summed E-state index contributed by atoms with van der Waals surface area (Å²) >= 11 is 7.75. The van der Waals surface area contributed by atoms with Gasteiger partial charge in [0.25, 0.3) is 0 Å². The van der Waals surface area contributed by atoms with E-state index in [1.807, 2.05) is 0 Å². The molecular formula is C15H23ClN2S. The van der Waals surface area contributed by atoms with Crippen molar-refractivity contribution in [3.05, 3.63) is 21.3 Å². The number of nitrogens with zero attached hydrogens (tertiary/aromatic N) is 1. The molecule has 2 aliphatic heterocycles. The third kappa shape index (κ3) is 2.99. The number of likely N-dealkylation sites (tertiary alicyclic amines) is 1. The Hall–Kier alpha value is -0.0900. The van der Waals surface area contributed by atoms with Gasteiger partial charge in [-0.05, 0) is 62.7 Å². The van der Waals surface area contributed by atoms with Crippen molar-refractivity contribution in [2.75, 3.05) is 13.1 Å². The molecule has 1 aromatic heterocycles. The van der Waals surface area contributed by atoms with Crippen molar-refractivity contribution >= 4 is 22.9 Å². The monoisotopic (exact) mass is 298 g/mol. The molecule has 3 unspecified atom stereocenters. The molecule has 2 saturated heterocycles. The quantitative estimate of drug-likeness (QED) is 0.905. The van der Waals surface area contributed by atoms with E-state index in [1.54, 1.807) is 11.3 Å². The van der Waals surface area contributed by atoms with Crippen LogP contribution in [-0.2, 0) is 0 Å². The SMILES string of the molecule is CC(c1csc(Cl)c1)N1CCCCC1C1CCCN1. The molecule has 3 heterocycles. The van der Waals surface area contributed by atoms with E-state index in [4.69, 9.17) is 11.6 Å². The van der Waals surface area contributed by atoms with Crippen LogP contribution in [-0.4, -0.2) is 30.1 Å². The summed E-state index contributed by atoms with van der Waals surface area (Å²) in [5.74, 6) is 0. The molecule has 2 nitrogen and oxygen atoms in total. The van der Waals surface area contributed by atoms with Crippen LogP contribution in [0.4, 0.5) is 0 Å². The van der Waals surface area contributed by atoms with Gasteiger partial charge in [0.1, 0.15) is 0 Å². The van der Waals surface area contributed by atoms with E-state index in [-0.39, 0.29) is 0 Å². The van der Waals surface area contributed by atoms with Gasteiger partial charge in [-0.2, -0.15) is 0 Å². The van der Waals surface area contributed by atoms with Crippen molar-refractivity contribution in [2.45, 2.75) is 57.2 Å². The number of rotatable bonds is 3. The molecule has 2 fully saturated rings. The molecule has 0 spiro atoms. The highest BCUT2D eigenvalue weighted by atomic mass is 35.5. The highest BCUT2D eigenvalue weighted by Gasteiger charge is 2.34. The zero-order chi connectivity index (χ0) is 13.2. The fraction of sp³-hybridized carbons (Fsp3) is 0.733. The van der Waals surface area contributed by atoms with Crippen LogP contribution >= 0.6 is 22.9 Å². The second-order valence-electron chi connectivity index (χ2n) is 5.86. The Labute approximate surface area is 125 Å². The first-order chi connectivity index (χ1) is 9.25. The van der Waals surface area contributed by atoms with Gasteiger partial charge in [-0.1, -0.05) is 18.0 Å². The van der Waals surface area contributed by atoms with Crippen LogP contribution in [0.15, 0.2) is 11.4 Å². The van der Waals surface area contributed by atoms with Crippen molar-refractivity contribution < 1.29 is 0 Å². The minimum atomic E-state index is 0.497. The average molecular weight is 299 g/mol. The van der Waals surface area contributed by atoms with Crippen molar-refractivity contribution in [1.82, 2.24) is 10.2 Å². The summed E-state index contributed by atoms with van der Waals surface area (Å²) < 4.78 is 0.911. The summed E-state index contributed by atoms with van der Waals surface area (Å²) in [6.45, 7) is 4.77. The van der Waals surface area contributed by atoms with Gasteiger partial charge in [0.2, 0.25) is 0 Å². The van der Waals surface area contributed by atoms with E-state index in [0.29, 0.717) is 18.1 Å². The molecule has 0 radical (unpaired) electrons. The van der Waals surface area contributed by atoms with E-state index in [9.17, 15) is 0 Å². The molecule has 0 bridgehead atoms. The van der Waals surface area contributed by atoms with E-state index < -0.39 is 0 Å². The summed E-state index contributed by atoms with van der Waals surface area (Å²) in [6.07, 6.45) is 6.76. The molecule has 0 amide bonds. The minimum Gasteiger partial charge on any atom is -0.312 e. The fourth-order valence-corrected chi connectivity index (χ4v) is 4.64. The Kier molecular flexibility index (Phi) is 4.47. The standard InChI is InChI=1S/C15H23ClN2S/c1-11(12-9-15(16)19-10-12)18-8-3-2-6-14(18)13-5-4-7-17-13/h9-11,13-14,17H,2-8H2,1H3. The molecule has 0 aromatic carbocycles. The van der Waals surface area contributed by atoms with Crippen LogP contribution < -0.4 is 5.32 Å². The van der Waals surface area contributed by atoms with Gasteiger partial charge in [-0.3, -0.25) is 4.90 Å². The zero-order valence-electron chi connectivity index (χ0n) is 11.6. The van der Waals surface area contributed by atoms with E-state index >= 15 is 0 Å². The maximum Gasteiger partial charge on any atom is 0.0931 e. The normalized spacial score (nSPS) is 30.6. The van der Waals surface area contributed by atoms with Crippen LogP contribution in [0.1, 0.15) is 50.6 Å². The van der Waals surface area contributed by atoms with Crippen LogP contribution in [0.25, 0.3) is 0 Å². The number of halogens is 1. The molecule has 3 atom stereocenters. The van der Waals surface area contributed by atoms with Crippen molar-refractivity contribution in [2.24, 2.45) is 0 Å². The summed E-state index contributed by atoms with van der Waals surface area (Å²) in [4.78, 5) is 2.71. The van der Waals surface area contributed by atoms with Gasteiger partial charge in [-0.25, -0.2) is 0 Å². The lowest BCUT2D eigenvalue weighted by Gasteiger charge is -2.42. The predicted octanol–water partition coefficient (Wildman–Crippen LogP) is 4.07. The second kappa shape index (κ2) is 6.13. The molecule has 0 aliphatic carbocycles. The topological polar surface area (TPSA) is 15.3 Å². The Morgan fingerprint density at radius 2 is 2.26 bits per heavy atom. The molecule has 106 valence electrons. The van der Waals surface area contributed by atoms with Gasteiger partial charge >= 0.3 is 0 Å². The van der Waals surface area contributed by atoms with Crippen molar-refractivity contribution in [3.8, 4) is 0 Å². The van der Waals surface area contributed by atoms with E-state index in [2.05, 4.69) is 28.6 Å². The van der Waals surface area contributed by atoms with Gasteiger partial charge < -0.3 is 5.32 Å². The Morgan fingerprint density at radius 1 is 1.37 bits per heavy atom. The van der Waals surface area contributed by atoms with Gasteiger partial charge in [0.15, 0.2) is 0 Å². The second-order valence-corrected chi connectivity index (χ2v) is 7.41. The molecule has 1 N–H and O–H groups in total. The summed E-state index contributed by atoms with van der Waals surface area (Å²) in [6, 6.07) is 4.06. The largest absolute Gasteiger partial charge is 0.312 e. The first-order valence-corrected chi connectivity index (χ1v) is 8.74. The predicted molar refractivity (Wildman–Crippen MR) is 83.1 cm³/mol. The minimum absolute atomic E-state index is 0.497. The average Bonchev–Trinajstić information content (AvgIpc) is 3.09. The number of hydrogen-bond donors (Lipinski definition) is 1. The van der Waals surface area contributed by atoms with Gasteiger partial charge in [0, 0.05) is 18.1 Å². The molecule has 1 aromatic rings. The van der Waals surface area contributed by atoms with Crippen molar-refractivity contribution in [1.29, 1.82) is 0 Å². The highest BCUT2D eigenvalue weighted by Crippen LogP contribution is 2.34. The molecular weight excluding hydrogens is 276 g/mol. The van der Waals surface area contributed by atoms with Gasteiger partial charge in [-0.15, -0.1) is 11.3 Å². The molecule has 2 aliphatic rings. The van der Waals surface area contributed by atoms with E-state index in [1.165, 1.54) is 50.8 Å². The third-order valence-electron chi connectivity index (χ3n) is 4.72. The lowest BCUT2D eigenvalue weighted by atomic mass is 9.92. The molecule has 3 rings (SSSR count). The third-order valence-corrected chi connectivity index (χ3v) is 5.83. The first-order valence-electron chi connectivity index (χ1n) is 7.49. The highest BCUT2D eigenvalue weighted by molar-refractivity contribution is 7.14. The van der Waals surface area contributed by atoms with E-state index in [0.717, 1.165) is 4.34 Å². The zero-order valence-corrected chi connectivity index (χ0v) is 13.1. The molecule has 19 heavy (non-hydrogen) atoms. The van der Waals surface area contributed by atoms with Gasteiger partial charge in [0.05, 0.1) is 4.34 Å². The summed E-state index contributed by atoms with van der Waals surface area (Å²) in [7, 11) is 0. The van der Waals surface area contributed by atoms with Crippen LogP contribution in [0, 0.1) is 0 Å². The van der Waals surface area contributed by atoms with Crippen molar-refractivity contribution in [3.63, 3.8) is 0 Å². The smallest absolute Gasteiger partial charge is 0.0931 e. The van der Waals surface area contributed by atoms with Crippen LogP contribution in [0.3, 0.4) is 0 Å². The first kappa shape index (κ1) is 13.9. The summed E-state index contributed by atoms with van der Waals surface area (Å²) in [5.41, 5.74) is 1.39. The number of nitrogens with one attached hydrogen (secondary N) is 1. The molecule has 4 heteroatoms. The van der Waals surface area contributed by atoms with Crippen LogP contribution in [0.5, 0.6) is 0 Å². The number of piperidine rings is 1. The summed E-state index contributed by atoms with van der Waals surface area (Å²) in [5, 5.41) is 5.93. The molecule has 0 saturated carbocycles. The maximum absolute atomic E-state index is 6.09.